The molecule has 0 aromatic heterocycles. The molecule has 1 amide bonds. The lowest BCUT2D eigenvalue weighted by atomic mass is 10.1. The zero-order chi connectivity index (χ0) is 15.3. The van der Waals surface area contributed by atoms with E-state index in [1.165, 1.54) is 6.07 Å². The molecule has 0 aliphatic rings. The van der Waals surface area contributed by atoms with Gasteiger partial charge in [0.2, 0.25) is 0 Å². The lowest BCUT2D eigenvalue weighted by molar-refractivity contribution is 0.100. The number of hydrogen-bond donors (Lipinski definition) is 2. The number of hydrogen-bond acceptors (Lipinski definition) is 4. The summed E-state index contributed by atoms with van der Waals surface area (Å²) in [6, 6.07) is 4.48. The Balaban J connectivity index is 3.21. The fourth-order valence-corrected chi connectivity index (χ4v) is 1.97. The number of amides is 1. The second-order valence-electron chi connectivity index (χ2n) is 5.00. The molecule has 0 bridgehead atoms. The van der Waals surface area contributed by atoms with Crippen molar-refractivity contribution in [3.8, 4) is 6.07 Å². The van der Waals surface area contributed by atoms with Gasteiger partial charge in [0.25, 0.3) is 5.91 Å². The van der Waals surface area contributed by atoms with Crippen LogP contribution in [-0.4, -0.2) is 19.0 Å². The first-order chi connectivity index (χ1) is 9.36. The third-order valence-corrected chi connectivity index (χ3v) is 2.80. The van der Waals surface area contributed by atoms with E-state index >= 15 is 0 Å². The van der Waals surface area contributed by atoms with Crippen LogP contribution in [0, 0.1) is 23.1 Å². The Hall–Kier alpha value is -2.29. The quantitative estimate of drug-likeness (QED) is 0.776. The van der Waals surface area contributed by atoms with Gasteiger partial charge in [-0.25, -0.2) is 4.39 Å². The molecule has 0 aliphatic heterocycles. The Morgan fingerprint density at radius 1 is 1.50 bits per heavy atom. The van der Waals surface area contributed by atoms with E-state index in [1.54, 1.807) is 4.90 Å². The predicted molar refractivity (Wildman–Crippen MR) is 76.6 cm³/mol. The Labute approximate surface area is 118 Å². The molecule has 0 radical (unpaired) electrons. The standard InChI is InChI=1S/C14H19FN4O/c1-9(2)8-19(5-3-4-16)13-6-10(14(18)20)12(17)7-11(13)15/h6-7,9H,3,5,8,17H2,1-2H3,(H2,18,20). The maximum atomic E-state index is 14.1. The fraction of sp³-hybridized carbons (Fsp3) is 0.429. The number of carbonyl (C=O) groups is 1. The number of carbonyl (C=O) groups excluding carboxylic acids is 1. The minimum absolute atomic E-state index is 0.0172. The van der Waals surface area contributed by atoms with E-state index in [-0.39, 0.29) is 29.3 Å². The molecule has 0 fully saturated rings. The molecular weight excluding hydrogens is 259 g/mol. The largest absolute Gasteiger partial charge is 0.398 e. The molecule has 1 rings (SSSR count). The van der Waals surface area contributed by atoms with Gasteiger partial charge < -0.3 is 16.4 Å². The first kappa shape index (κ1) is 15.8. The topological polar surface area (TPSA) is 96.1 Å². The molecule has 1 aromatic carbocycles. The first-order valence-electron chi connectivity index (χ1n) is 6.37. The summed E-state index contributed by atoms with van der Waals surface area (Å²) in [4.78, 5) is 13.0. The highest BCUT2D eigenvalue weighted by atomic mass is 19.1. The predicted octanol–water partition coefficient (Wildman–Crippen LogP) is 1.88. The number of benzene rings is 1. The highest BCUT2D eigenvalue weighted by Crippen LogP contribution is 2.26. The zero-order valence-electron chi connectivity index (χ0n) is 11.7. The van der Waals surface area contributed by atoms with Crippen LogP contribution in [0.2, 0.25) is 0 Å². The molecular formula is C14H19FN4O. The van der Waals surface area contributed by atoms with Crippen LogP contribution in [0.15, 0.2) is 12.1 Å². The van der Waals surface area contributed by atoms with Crippen LogP contribution >= 0.6 is 0 Å². The first-order valence-corrected chi connectivity index (χ1v) is 6.37. The van der Waals surface area contributed by atoms with E-state index in [0.717, 1.165) is 6.07 Å². The van der Waals surface area contributed by atoms with Crippen LogP contribution < -0.4 is 16.4 Å². The maximum Gasteiger partial charge on any atom is 0.250 e. The highest BCUT2D eigenvalue weighted by Gasteiger charge is 2.17. The van der Waals surface area contributed by atoms with Gasteiger partial charge in [0.15, 0.2) is 0 Å². The van der Waals surface area contributed by atoms with E-state index in [2.05, 4.69) is 0 Å². The van der Waals surface area contributed by atoms with Gasteiger partial charge in [-0.2, -0.15) is 5.26 Å². The van der Waals surface area contributed by atoms with E-state index < -0.39 is 11.7 Å². The van der Waals surface area contributed by atoms with Crippen molar-refractivity contribution in [2.24, 2.45) is 11.7 Å². The Kier molecular flexibility index (Phi) is 5.32. The zero-order valence-corrected chi connectivity index (χ0v) is 11.7. The van der Waals surface area contributed by atoms with Gasteiger partial charge in [-0.1, -0.05) is 13.8 Å². The van der Waals surface area contributed by atoms with Gasteiger partial charge in [-0.3, -0.25) is 4.79 Å². The number of nitrogens with two attached hydrogens (primary N) is 2. The summed E-state index contributed by atoms with van der Waals surface area (Å²) >= 11 is 0. The number of primary amides is 1. The van der Waals surface area contributed by atoms with Crippen LogP contribution in [0.4, 0.5) is 15.8 Å². The molecule has 5 nitrogen and oxygen atoms in total. The maximum absolute atomic E-state index is 14.1. The molecule has 0 heterocycles. The van der Waals surface area contributed by atoms with Crippen molar-refractivity contribution >= 4 is 17.3 Å². The van der Waals surface area contributed by atoms with Crippen molar-refractivity contribution in [2.75, 3.05) is 23.7 Å². The van der Waals surface area contributed by atoms with Gasteiger partial charge in [-0.15, -0.1) is 0 Å². The van der Waals surface area contributed by atoms with Gasteiger partial charge in [0, 0.05) is 18.8 Å². The summed E-state index contributed by atoms with van der Waals surface area (Å²) in [5, 5.41) is 8.69. The van der Waals surface area contributed by atoms with Crippen molar-refractivity contribution in [3.05, 3.63) is 23.5 Å². The van der Waals surface area contributed by atoms with Crippen molar-refractivity contribution < 1.29 is 9.18 Å². The number of nitriles is 1. The normalized spacial score (nSPS) is 10.3. The van der Waals surface area contributed by atoms with Crippen LogP contribution in [0.5, 0.6) is 0 Å². The lowest BCUT2D eigenvalue weighted by Crippen LogP contribution is -2.30. The molecule has 4 N–H and O–H groups in total. The minimum atomic E-state index is -0.700. The molecule has 20 heavy (non-hydrogen) atoms. The fourth-order valence-electron chi connectivity index (χ4n) is 1.97. The van der Waals surface area contributed by atoms with Gasteiger partial charge in [-0.05, 0) is 18.1 Å². The summed E-state index contributed by atoms with van der Waals surface area (Å²) in [6.07, 6.45) is 0.266. The molecule has 6 heteroatoms. The molecule has 0 spiro atoms. The number of nitrogen functional groups attached to an aromatic ring is 1. The van der Waals surface area contributed by atoms with Crippen LogP contribution in [0.1, 0.15) is 30.6 Å². The van der Waals surface area contributed by atoms with Gasteiger partial charge in [0.1, 0.15) is 5.82 Å². The Bertz CT molecular complexity index is 537. The summed E-state index contributed by atoms with van der Waals surface area (Å²) in [5.41, 5.74) is 11.2. The lowest BCUT2D eigenvalue weighted by Gasteiger charge is -2.26. The summed E-state index contributed by atoms with van der Waals surface area (Å²) < 4.78 is 14.1. The summed E-state index contributed by atoms with van der Waals surface area (Å²) in [5.74, 6) is -0.942. The Morgan fingerprint density at radius 2 is 2.15 bits per heavy atom. The van der Waals surface area contributed by atoms with Gasteiger partial charge >= 0.3 is 0 Å². The highest BCUT2D eigenvalue weighted by molar-refractivity contribution is 5.99. The smallest absolute Gasteiger partial charge is 0.250 e. The van der Waals surface area contributed by atoms with E-state index in [9.17, 15) is 9.18 Å². The molecule has 1 aromatic rings. The monoisotopic (exact) mass is 278 g/mol. The molecule has 0 atom stereocenters. The van der Waals surface area contributed by atoms with E-state index in [1.807, 2.05) is 19.9 Å². The van der Waals surface area contributed by atoms with Crippen LogP contribution in [-0.2, 0) is 0 Å². The Morgan fingerprint density at radius 3 is 2.65 bits per heavy atom. The third kappa shape index (κ3) is 3.85. The van der Waals surface area contributed by atoms with Crippen molar-refractivity contribution in [1.82, 2.24) is 0 Å². The second-order valence-corrected chi connectivity index (χ2v) is 5.00. The van der Waals surface area contributed by atoms with E-state index in [0.29, 0.717) is 13.1 Å². The van der Waals surface area contributed by atoms with E-state index in [4.69, 9.17) is 16.7 Å². The average molecular weight is 278 g/mol. The second kappa shape index (κ2) is 6.75. The average Bonchev–Trinajstić information content (AvgIpc) is 2.34. The van der Waals surface area contributed by atoms with Crippen molar-refractivity contribution in [3.63, 3.8) is 0 Å². The molecule has 0 aliphatic carbocycles. The summed E-state index contributed by atoms with van der Waals surface area (Å²) in [7, 11) is 0. The molecule has 0 saturated carbocycles. The number of halogens is 1. The van der Waals surface area contributed by atoms with Crippen LogP contribution in [0.25, 0.3) is 0 Å². The van der Waals surface area contributed by atoms with Gasteiger partial charge in [0.05, 0.1) is 23.7 Å². The van der Waals surface area contributed by atoms with Crippen molar-refractivity contribution in [1.29, 1.82) is 5.26 Å². The number of rotatable bonds is 6. The third-order valence-electron chi connectivity index (χ3n) is 2.80. The van der Waals surface area contributed by atoms with Crippen LogP contribution in [0.3, 0.4) is 0 Å². The minimum Gasteiger partial charge on any atom is -0.398 e. The van der Waals surface area contributed by atoms with Crippen molar-refractivity contribution in [2.45, 2.75) is 20.3 Å². The summed E-state index contributed by atoms with van der Waals surface area (Å²) in [6.45, 7) is 4.93. The molecule has 0 unspecified atom stereocenters. The number of anilines is 2. The SMILES string of the molecule is CC(C)CN(CCC#N)c1cc(C(N)=O)c(N)cc1F. The molecule has 108 valence electrons. The molecule has 0 saturated heterocycles. The number of nitrogens with zero attached hydrogens (tertiary/aromatic N) is 2.